The monoisotopic (exact) mass is 287 g/mol. The molecule has 0 saturated carbocycles. The van der Waals surface area contributed by atoms with Crippen molar-refractivity contribution in [3.05, 3.63) is 54.0 Å². The van der Waals surface area contributed by atoms with E-state index in [4.69, 9.17) is 9.52 Å². The van der Waals surface area contributed by atoms with Crippen molar-refractivity contribution in [2.24, 2.45) is 0 Å². The molecule has 1 aromatic carbocycles. The Morgan fingerprint density at radius 2 is 1.90 bits per heavy atom. The van der Waals surface area contributed by atoms with Gasteiger partial charge in [-0.25, -0.2) is 0 Å². The summed E-state index contributed by atoms with van der Waals surface area (Å²) in [7, 11) is 0. The summed E-state index contributed by atoms with van der Waals surface area (Å²) < 4.78 is 5.17. The molecular weight excluding hydrogens is 270 g/mol. The van der Waals surface area contributed by atoms with E-state index in [9.17, 15) is 9.59 Å². The third-order valence-corrected chi connectivity index (χ3v) is 3.17. The lowest BCUT2D eigenvalue weighted by atomic mass is 10.2. The van der Waals surface area contributed by atoms with Gasteiger partial charge in [-0.2, -0.15) is 0 Å². The van der Waals surface area contributed by atoms with E-state index in [2.05, 4.69) is 0 Å². The minimum Gasteiger partial charge on any atom is -0.481 e. The first-order valence-corrected chi connectivity index (χ1v) is 6.72. The third kappa shape index (κ3) is 3.72. The van der Waals surface area contributed by atoms with Crippen molar-refractivity contribution in [1.29, 1.82) is 0 Å². The second-order valence-electron chi connectivity index (χ2n) is 4.68. The lowest BCUT2D eigenvalue weighted by Gasteiger charge is -2.22. The van der Waals surface area contributed by atoms with Crippen molar-refractivity contribution < 1.29 is 19.1 Å². The summed E-state index contributed by atoms with van der Waals surface area (Å²) in [5.41, 5.74) is 1.24. The summed E-state index contributed by atoms with van der Waals surface area (Å²) in [4.78, 5) is 24.9. The summed E-state index contributed by atoms with van der Waals surface area (Å²) >= 11 is 0. The summed E-state index contributed by atoms with van der Waals surface area (Å²) in [6, 6.07) is 10.8. The number of hydrogen-bond donors (Lipinski definition) is 1. The minimum absolute atomic E-state index is 0.0288. The lowest BCUT2D eigenvalue weighted by molar-refractivity contribution is -0.137. The molecule has 0 saturated heterocycles. The Morgan fingerprint density at radius 1 is 1.19 bits per heavy atom. The van der Waals surface area contributed by atoms with Crippen LogP contribution in [0.25, 0.3) is 0 Å². The molecule has 2 aromatic rings. The van der Waals surface area contributed by atoms with Gasteiger partial charge < -0.3 is 14.4 Å². The van der Waals surface area contributed by atoms with Crippen LogP contribution in [0.1, 0.15) is 29.0 Å². The van der Waals surface area contributed by atoms with Crippen molar-refractivity contribution in [2.45, 2.75) is 19.8 Å². The van der Waals surface area contributed by atoms with Crippen LogP contribution in [0.3, 0.4) is 0 Å². The van der Waals surface area contributed by atoms with Crippen LogP contribution in [0.4, 0.5) is 5.69 Å². The molecule has 21 heavy (non-hydrogen) atoms. The van der Waals surface area contributed by atoms with E-state index >= 15 is 0 Å². The van der Waals surface area contributed by atoms with E-state index in [1.807, 2.05) is 30.3 Å². The van der Waals surface area contributed by atoms with Crippen LogP contribution >= 0.6 is 0 Å². The number of furan rings is 1. The number of nitrogens with zero attached hydrogens (tertiary/aromatic N) is 1. The van der Waals surface area contributed by atoms with Crippen LogP contribution in [-0.2, 0) is 4.79 Å². The topological polar surface area (TPSA) is 70.8 Å². The molecule has 1 aromatic heterocycles. The highest BCUT2D eigenvalue weighted by atomic mass is 16.4. The molecule has 0 radical (unpaired) electrons. The minimum atomic E-state index is -0.866. The maximum absolute atomic E-state index is 12.6. The largest absolute Gasteiger partial charge is 0.481 e. The number of anilines is 1. The smallest absolute Gasteiger partial charge is 0.303 e. The molecule has 2 rings (SSSR count). The van der Waals surface area contributed by atoms with Crippen LogP contribution in [0.15, 0.2) is 47.1 Å². The van der Waals surface area contributed by atoms with Gasteiger partial charge in [-0.15, -0.1) is 0 Å². The highest BCUT2D eigenvalue weighted by Crippen LogP contribution is 2.20. The van der Waals surface area contributed by atoms with E-state index < -0.39 is 5.97 Å². The lowest BCUT2D eigenvalue weighted by Crippen LogP contribution is -2.32. The molecule has 1 N–H and O–H groups in total. The van der Waals surface area contributed by atoms with Crippen molar-refractivity contribution >= 4 is 17.6 Å². The zero-order valence-electron chi connectivity index (χ0n) is 11.8. The van der Waals surface area contributed by atoms with Crippen molar-refractivity contribution in [1.82, 2.24) is 0 Å². The Hall–Kier alpha value is -2.56. The maximum Gasteiger partial charge on any atom is 0.303 e. The van der Waals surface area contributed by atoms with Gasteiger partial charge in [0, 0.05) is 18.7 Å². The zero-order chi connectivity index (χ0) is 15.2. The number of carbonyl (C=O) groups excluding carboxylic acids is 1. The molecule has 5 nitrogen and oxygen atoms in total. The number of aryl methyl sites for hydroxylation is 1. The van der Waals surface area contributed by atoms with Gasteiger partial charge in [0.2, 0.25) is 0 Å². The molecule has 0 aliphatic carbocycles. The van der Waals surface area contributed by atoms with Crippen molar-refractivity contribution in [3.8, 4) is 0 Å². The molecule has 1 heterocycles. The Balaban J connectivity index is 2.21. The second-order valence-corrected chi connectivity index (χ2v) is 4.68. The van der Waals surface area contributed by atoms with Gasteiger partial charge in [0.25, 0.3) is 5.91 Å². The molecule has 0 aliphatic rings. The van der Waals surface area contributed by atoms with Gasteiger partial charge in [0.15, 0.2) is 0 Å². The van der Waals surface area contributed by atoms with Crippen LogP contribution in [0.2, 0.25) is 0 Å². The number of carboxylic acid groups (broad SMARTS) is 1. The van der Waals surface area contributed by atoms with E-state index in [0.717, 1.165) is 5.69 Å². The molecule has 0 aliphatic heterocycles. The van der Waals surface area contributed by atoms with Crippen LogP contribution in [0, 0.1) is 6.92 Å². The van der Waals surface area contributed by atoms with Gasteiger partial charge in [0.1, 0.15) is 5.76 Å². The molecule has 5 heteroatoms. The van der Waals surface area contributed by atoms with Crippen LogP contribution < -0.4 is 4.90 Å². The number of benzene rings is 1. The predicted molar refractivity (Wildman–Crippen MR) is 78.4 cm³/mol. The fraction of sp³-hybridized carbons (Fsp3) is 0.250. The van der Waals surface area contributed by atoms with E-state index in [1.165, 1.54) is 6.26 Å². The third-order valence-electron chi connectivity index (χ3n) is 3.17. The van der Waals surface area contributed by atoms with Gasteiger partial charge in [-0.05, 0) is 31.5 Å². The molecule has 0 bridgehead atoms. The summed E-state index contributed by atoms with van der Waals surface area (Å²) in [5, 5.41) is 8.75. The molecule has 110 valence electrons. The highest BCUT2D eigenvalue weighted by molar-refractivity contribution is 6.06. The first-order valence-electron chi connectivity index (χ1n) is 6.72. The van der Waals surface area contributed by atoms with E-state index in [0.29, 0.717) is 24.3 Å². The second kappa shape index (κ2) is 6.74. The number of amides is 1. The van der Waals surface area contributed by atoms with Gasteiger partial charge in [-0.1, -0.05) is 18.2 Å². The SMILES string of the molecule is Cc1occc1C(=O)N(CCCC(=O)O)c1ccccc1. The fourth-order valence-corrected chi connectivity index (χ4v) is 2.10. The highest BCUT2D eigenvalue weighted by Gasteiger charge is 2.20. The average molecular weight is 287 g/mol. The number of aliphatic carboxylic acids is 1. The quantitative estimate of drug-likeness (QED) is 0.886. The van der Waals surface area contributed by atoms with Crippen LogP contribution in [0.5, 0.6) is 0 Å². The molecule has 0 atom stereocenters. The number of rotatable bonds is 6. The molecule has 0 fully saturated rings. The van der Waals surface area contributed by atoms with Crippen LogP contribution in [-0.4, -0.2) is 23.5 Å². The fourth-order valence-electron chi connectivity index (χ4n) is 2.10. The average Bonchev–Trinajstić information content (AvgIpc) is 2.90. The van der Waals surface area contributed by atoms with Crippen molar-refractivity contribution in [2.75, 3.05) is 11.4 Å². The first-order chi connectivity index (χ1) is 10.1. The Labute approximate surface area is 122 Å². The molecular formula is C16H17NO4. The first kappa shape index (κ1) is 14.8. The van der Waals surface area contributed by atoms with E-state index in [-0.39, 0.29) is 12.3 Å². The van der Waals surface area contributed by atoms with Gasteiger partial charge >= 0.3 is 5.97 Å². The summed E-state index contributed by atoms with van der Waals surface area (Å²) in [6.45, 7) is 2.08. The number of carbonyl (C=O) groups is 2. The summed E-state index contributed by atoms with van der Waals surface area (Å²) in [5.74, 6) is -0.494. The number of para-hydroxylation sites is 1. The summed E-state index contributed by atoms with van der Waals surface area (Å²) in [6.07, 6.45) is 1.90. The predicted octanol–water partition coefficient (Wildman–Crippen LogP) is 3.10. The van der Waals surface area contributed by atoms with E-state index in [1.54, 1.807) is 17.9 Å². The standard InChI is InChI=1S/C16H17NO4/c1-12-14(9-11-21-12)16(20)17(10-5-8-15(18)19)13-6-3-2-4-7-13/h2-4,6-7,9,11H,5,8,10H2,1H3,(H,18,19). The van der Waals surface area contributed by atoms with Gasteiger partial charge in [-0.3, -0.25) is 9.59 Å². The molecule has 0 spiro atoms. The molecule has 0 unspecified atom stereocenters. The maximum atomic E-state index is 12.6. The molecule has 1 amide bonds. The Kier molecular flexibility index (Phi) is 4.77. The Morgan fingerprint density at radius 3 is 2.48 bits per heavy atom. The normalized spacial score (nSPS) is 10.3. The van der Waals surface area contributed by atoms with Crippen molar-refractivity contribution in [3.63, 3.8) is 0 Å². The number of hydrogen-bond acceptors (Lipinski definition) is 3. The van der Waals surface area contributed by atoms with Gasteiger partial charge in [0.05, 0.1) is 11.8 Å². The number of carboxylic acids is 1. The zero-order valence-corrected chi connectivity index (χ0v) is 11.8. The Bertz CT molecular complexity index is 618.